The fourth-order valence-electron chi connectivity index (χ4n) is 4.21. The Morgan fingerprint density at radius 3 is 2.23 bits per heavy atom. The molecule has 0 radical (unpaired) electrons. The predicted octanol–water partition coefficient (Wildman–Crippen LogP) is 4.05. The lowest BCUT2D eigenvalue weighted by molar-refractivity contribution is -0.110. The average Bonchev–Trinajstić information content (AvgIpc) is 3.62. The van der Waals surface area contributed by atoms with Crippen LogP contribution in [0.3, 0.4) is 0 Å². The molecule has 5 rings (SSSR count). The zero-order chi connectivity index (χ0) is 31.6. The highest BCUT2D eigenvalue weighted by atomic mass is 19.1. The largest absolute Gasteiger partial charge is 0.383 e. The van der Waals surface area contributed by atoms with Crippen molar-refractivity contribution < 1.29 is 18.3 Å². The number of aromatic nitrogens is 5. The first-order valence-corrected chi connectivity index (χ1v) is 13.5. The van der Waals surface area contributed by atoms with E-state index in [-0.39, 0.29) is 0 Å². The maximum Gasteiger partial charge on any atom is 0.215 e. The Kier molecular flexibility index (Phi) is 15.0. The molecule has 4 aromatic rings. The molecule has 0 aliphatic carbocycles. The summed E-state index contributed by atoms with van der Waals surface area (Å²) < 4.78 is 30.5. The summed E-state index contributed by atoms with van der Waals surface area (Å²) in [7, 11) is 3.61. The summed E-state index contributed by atoms with van der Waals surface area (Å²) >= 11 is 0. The third-order valence-electron chi connectivity index (χ3n) is 6.28. The van der Waals surface area contributed by atoms with Crippen LogP contribution in [0.15, 0.2) is 60.9 Å². The summed E-state index contributed by atoms with van der Waals surface area (Å²) in [6.07, 6.45) is 13.5. The van der Waals surface area contributed by atoms with Gasteiger partial charge in [-0.1, -0.05) is 24.3 Å². The number of hydrogen-bond acceptors (Lipinski definition) is 8. The van der Waals surface area contributed by atoms with E-state index in [1.807, 2.05) is 68.3 Å². The number of carbonyl (C=O) groups is 1. The molecule has 3 aromatic heterocycles. The molecule has 1 saturated heterocycles. The number of nitrogens with zero attached hydrogens (tertiary/aromatic N) is 6. The van der Waals surface area contributed by atoms with Gasteiger partial charge in [0, 0.05) is 63.4 Å². The van der Waals surface area contributed by atoms with Crippen LogP contribution in [0.2, 0.25) is 0 Å². The van der Waals surface area contributed by atoms with E-state index in [0.717, 1.165) is 85.4 Å². The van der Waals surface area contributed by atoms with Gasteiger partial charge in [-0.15, -0.1) is 12.8 Å². The second kappa shape index (κ2) is 18.7. The molecule has 2 N–H and O–H groups in total. The summed E-state index contributed by atoms with van der Waals surface area (Å²) in [6, 6.07) is 13.8. The molecule has 1 fully saturated rings. The van der Waals surface area contributed by atoms with E-state index in [2.05, 4.69) is 43.3 Å². The van der Waals surface area contributed by atoms with E-state index < -0.39 is 11.9 Å². The number of methoxy groups -OCH3 is 1. The monoisotopic (exact) mass is 592 g/mol. The van der Waals surface area contributed by atoms with Gasteiger partial charge in [0.25, 0.3) is 0 Å². The Morgan fingerprint density at radius 2 is 1.70 bits per heavy atom. The molecule has 10 nitrogen and oxygen atoms in total. The number of aryl methyl sites for hydroxylation is 1. The molecule has 0 spiro atoms. The molecule has 12 heteroatoms. The Labute approximate surface area is 251 Å². The van der Waals surface area contributed by atoms with Crippen molar-refractivity contribution in [1.82, 2.24) is 34.9 Å². The summed E-state index contributed by atoms with van der Waals surface area (Å²) in [5, 5.41) is 10.7. The lowest BCUT2D eigenvalue weighted by atomic mass is 10.1. The molecule has 1 aromatic carbocycles. The summed E-state index contributed by atoms with van der Waals surface area (Å²) in [5.41, 5.74) is 3.91. The number of benzene rings is 1. The smallest absolute Gasteiger partial charge is 0.215 e. The second-order valence-corrected chi connectivity index (χ2v) is 9.19. The van der Waals surface area contributed by atoms with Gasteiger partial charge >= 0.3 is 0 Å². The standard InChI is InChI=1S/C16H17N5.C8H16N2O2.C5H3F2N.C2H2/c1-11-15(13-9-18-12(2)19-10-13)20-21(16(11)17-3)14-7-5-4-6-8-14;1-12-5-4-10-3-2-8(6-10)9-7-11;6-4-2-1-3-5(7)8-4;1-2/h4-10,17H,1-3H3;7-8H,2-6H2,1H3,(H,9,11);1-3H;1-2H/t;8-;;/m.0../s1. The minimum absolute atomic E-state index is 0.347. The number of pyridine rings is 1. The van der Waals surface area contributed by atoms with E-state index in [0.29, 0.717) is 6.04 Å². The van der Waals surface area contributed by atoms with Crippen LogP contribution in [0.1, 0.15) is 17.8 Å². The molecule has 1 atom stereocenters. The molecule has 1 aliphatic rings. The number of terminal acetylenes is 1. The van der Waals surface area contributed by atoms with Crippen molar-refractivity contribution in [3.63, 3.8) is 0 Å². The van der Waals surface area contributed by atoms with Crippen LogP contribution >= 0.6 is 0 Å². The van der Waals surface area contributed by atoms with Crippen molar-refractivity contribution in [3.8, 4) is 29.8 Å². The van der Waals surface area contributed by atoms with E-state index in [1.54, 1.807) is 7.11 Å². The van der Waals surface area contributed by atoms with Gasteiger partial charge in [-0.05, 0) is 44.5 Å². The number of hydrogen-bond donors (Lipinski definition) is 2. The SMILES string of the molecule is C#C.CNc1c(C)c(-c2cnc(C)nc2)nn1-c1ccccc1.COCCN1CC[C@H](NC=O)C1.Fc1cccc(F)n1. The van der Waals surface area contributed by atoms with Crippen LogP contribution in [0.4, 0.5) is 14.6 Å². The maximum absolute atomic E-state index is 11.8. The number of amides is 1. The topological polar surface area (TPSA) is 110 Å². The Hall–Kier alpha value is -4.73. The predicted molar refractivity (Wildman–Crippen MR) is 164 cm³/mol. The van der Waals surface area contributed by atoms with Crippen LogP contribution in [-0.4, -0.2) is 82.5 Å². The summed E-state index contributed by atoms with van der Waals surface area (Å²) in [6.45, 7) is 7.68. The van der Waals surface area contributed by atoms with Gasteiger partial charge in [0.05, 0.1) is 12.3 Å². The van der Waals surface area contributed by atoms with Crippen LogP contribution in [0.5, 0.6) is 0 Å². The number of ether oxygens (including phenoxy) is 1. The number of para-hydroxylation sites is 1. The van der Waals surface area contributed by atoms with Gasteiger partial charge in [-0.25, -0.2) is 14.6 Å². The minimum atomic E-state index is -0.787. The Bertz CT molecular complexity index is 1380. The minimum Gasteiger partial charge on any atom is -0.383 e. The molecule has 0 bridgehead atoms. The van der Waals surface area contributed by atoms with Crippen molar-refractivity contribution in [1.29, 1.82) is 0 Å². The summed E-state index contributed by atoms with van der Waals surface area (Å²) in [5.74, 6) is 0.152. The fraction of sp³-hybridized carbons (Fsp3) is 0.323. The van der Waals surface area contributed by atoms with Crippen molar-refractivity contribution in [2.45, 2.75) is 26.3 Å². The Morgan fingerprint density at radius 1 is 1.05 bits per heavy atom. The normalized spacial score (nSPS) is 13.7. The first-order valence-electron chi connectivity index (χ1n) is 13.5. The Balaban J connectivity index is 0.000000247. The fourth-order valence-corrected chi connectivity index (χ4v) is 4.21. The van der Waals surface area contributed by atoms with Crippen LogP contribution < -0.4 is 10.6 Å². The average molecular weight is 593 g/mol. The molecule has 0 saturated carbocycles. The molecular formula is C31H38F2N8O2. The first kappa shape index (κ1) is 34.5. The van der Waals surface area contributed by atoms with E-state index >= 15 is 0 Å². The zero-order valence-corrected chi connectivity index (χ0v) is 24.9. The van der Waals surface area contributed by atoms with E-state index in [9.17, 15) is 13.6 Å². The molecule has 1 amide bonds. The molecule has 43 heavy (non-hydrogen) atoms. The van der Waals surface area contributed by atoms with Gasteiger partial charge in [-0.3, -0.25) is 9.69 Å². The van der Waals surface area contributed by atoms with Gasteiger partial charge in [0.1, 0.15) is 17.3 Å². The number of nitrogens with one attached hydrogen (secondary N) is 2. The highest BCUT2D eigenvalue weighted by Crippen LogP contribution is 2.29. The van der Waals surface area contributed by atoms with Crippen molar-refractivity contribution >= 4 is 12.2 Å². The molecule has 1 aliphatic heterocycles. The molecule has 228 valence electrons. The van der Waals surface area contributed by atoms with Crippen LogP contribution in [0, 0.1) is 38.6 Å². The molecule has 0 unspecified atom stereocenters. The number of carbonyl (C=O) groups excluding carboxylic acids is 1. The van der Waals surface area contributed by atoms with E-state index in [1.165, 1.54) is 6.07 Å². The highest BCUT2D eigenvalue weighted by Gasteiger charge is 2.20. The van der Waals surface area contributed by atoms with Gasteiger partial charge < -0.3 is 15.4 Å². The van der Waals surface area contributed by atoms with Crippen molar-refractivity contribution in [2.24, 2.45) is 0 Å². The molecular weight excluding hydrogens is 554 g/mol. The quantitative estimate of drug-likeness (QED) is 0.179. The van der Waals surface area contributed by atoms with Gasteiger partial charge in [0.15, 0.2) is 0 Å². The van der Waals surface area contributed by atoms with Gasteiger partial charge in [-0.2, -0.15) is 18.9 Å². The number of rotatable bonds is 8. The zero-order valence-electron chi connectivity index (χ0n) is 24.9. The number of halogens is 2. The summed E-state index contributed by atoms with van der Waals surface area (Å²) in [4.78, 5) is 23.8. The third kappa shape index (κ3) is 10.9. The van der Waals surface area contributed by atoms with Crippen molar-refractivity contribution in [2.75, 3.05) is 45.7 Å². The maximum atomic E-state index is 11.8. The highest BCUT2D eigenvalue weighted by molar-refractivity contribution is 5.69. The van der Waals surface area contributed by atoms with E-state index in [4.69, 9.17) is 9.84 Å². The lowest BCUT2D eigenvalue weighted by Gasteiger charge is -2.14. The van der Waals surface area contributed by atoms with Crippen LogP contribution in [0.25, 0.3) is 16.9 Å². The molecule has 4 heterocycles. The van der Waals surface area contributed by atoms with Crippen LogP contribution in [-0.2, 0) is 9.53 Å². The first-order chi connectivity index (χ1) is 20.9. The second-order valence-electron chi connectivity index (χ2n) is 9.19. The number of likely N-dealkylation sites (tertiary alicyclic amines) is 1. The van der Waals surface area contributed by atoms with Crippen molar-refractivity contribution in [3.05, 3.63) is 84.2 Å². The van der Waals surface area contributed by atoms with Gasteiger partial charge in [0.2, 0.25) is 18.3 Å². The third-order valence-corrected chi connectivity index (χ3v) is 6.28. The number of anilines is 1. The lowest BCUT2D eigenvalue weighted by Crippen LogP contribution is -2.32.